The van der Waals surface area contributed by atoms with Crippen molar-refractivity contribution in [2.24, 2.45) is 0 Å². The molecule has 0 heterocycles. The first-order valence-corrected chi connectivity index (χ1v) is 4.64. The van der Waals surface area contributed by atoms with Gasteiger partial charge in [0, 0.05) is 20.1 Å². The second-order valence-corrected chi connectivity index (χ2v) is 2.97. The van der Waals surface area contributed by atoms with Crippen molar-refractivity contribution in [1.82, 2.24) is 5.32 Å². The molecule has 1 amide bonds. The normalized spacial score (nSPS) is 9.79. The molecule has 2 N–H and O–H groups in total. The summed E-state index contributed by atoms with van der Waals surface area (Å²) in [5, 5.41) is 10.6. The van der Waals surface area contributed by atoms with E-state index >= 15 is 0 Å². The Labute approximate surface area is 83.4 Å². The van der Waals surface area contributed by atoms with Crippen molar-refractivity contribution in [1.29, 1.82) is 0 Å². The molecule has 0 unspecified atom stereocenters. The third-order valence-electron chi connectivity index (χ3n) is 1.69. The number of methoxy groups -OCH3 is 1. The molecule has 0 aromatic carbocycles. The van der Waals surface area contributed by atoms with Gasteiger partial charge < -0.3 is 15.2 Å². The van der Waals surface area contributed by atoms with Crippen molar-refractivity contribution < 1.29 is 19.4 Å². The summed E-state index contributed by atoms with van der Waals surface area (Å²) in [4.78, 5) is 21.1. The smallest absolute Gasteiger partial charge is 0.322 e. The number of unbranched alkanes of at least 4 members (excludes halogenated alkanes) is 2. The van der Waals surface area contributed by atoms with E-state index in [2.05, 4.69) is 5.32 Å². The van der Waals surface area contributed by atoms with E-state index < -0.39 is 5.97 Å². The summed E-state index contributed by atoms with van der Waals surface area (Å²) in [6.07, 6.45) is 3.02. The molecule has 0 fully saturated rings. The Balaban J connectivity index is 3.22. The molecular formula is C9H17NO4. The molecule has 0 rings (SSSR count). The number of carboxylic acid groups (broad SMARTS) is 1. The van der Waals surface area contributed by atoms with Gasteiger partial charge in [0.05, 0.1) is 0 Å². The lowest BCUT2D eigenvalue weighted by atomic mass is 10.2. The minimum Gasteiger partial charge on any atom is -0.480 e. The van der Waals surface area contributed by atoms with Crippen molar-refractivity contribution in [2.45, 2.75) is 25.7 Å². The SMILES string of the molecule is COCCCCCC(=O)NCC(=O)O. The average Bonchev–Trinajstić information content (AvgIpc) is 2.14. The van der Waals surface area contributed by atoms with Crippen molar-refractivity contribution in [3.05, 3.63) is 0 Å². The zero-order valence-electron chi connectivity index (χ0n) is 8.41. The van der Waals surface area contributed by atoms with E-state index in [0.717, 1.165) is 19.3 Å². The van der Waals surface area contributed by atoms with Crippen molar-refractivity contribution in [3.63, 3.8) is 0 Å². The molecule has 0 aliphatic carbocycles. The highest BCUT2D eigenvalue weighted by Gasteiger charge is 2.02. The molecule has 0 saturated carbocycles. The van der Waals surface area contributed by atoms with Gasteiger partial charge in [-0.1, -0.05) is 6.42 Å². The number of carbonyl (C=O) groups is 2. The first kappa shape index (κ1) is 12.9. The van der Waals surface area contributed by atoms with Gasteiger partial charge in [0.2, 0.25) is 5.91 Å². The molecule has 0 aromatic rings. The fourth-order valence-electron chi connectivity index (χ4n) is 0.971. The zero-order valence-corrected chi connectivity index (χ0v) is 8.41. The zero-order chi connectivity index (χ0) is 10.8. The molecular weight excluding hydrogens is 186 g/mol. The Kier molecular flexibility index (Phi) is 7.83. The van der Waals surface area contributed by atoms with Crippen molar-refractivity contribution in [2.75, 3.05) is 20.3 Å². The first-order chi connectivity index (χ1) is 6.66. The Bertz CT molecular complexity index is 182. The number of rotatable bonds is 8. The summed E-state index contributed by atoms with van der Waals surface area (Å²) in [6, 6.07) is 0. The molecule has 0 aliphatic rings. The van der Waals surface area contributed by atoms with Crippen molar-refractivity contribution in [3.8, 4) is 0 Å². The highest BCUT2D eigenvalue weighted by Crippen LogP contribution is 1.99. The Morgan fingerprint density at radius 3 is 2.57 bits per heavy atom. The van der Waals surface area contributed by atoms with Crippen LogP contribution in [0.4, 0.5) is 0 Å². The van der Waals surface area contributed by atoms with E-state index in [9.17, 15) is 9.59 Å². The number of nitrogens with one attached hydrogen (secondary N) is 1. The van der Waals surface area contributed by atoms with E-state index in [1.807, 2.05) is 0 Å². The maximum absolute atomic E-state index is 11.0. The van der Waals surface area contributed by atoms with Crippen LogP contribution in [0.1, 0.15) is 25.7 Å². The fourth-order valence-corrected chi connectivity index (χ4v) is 0.971. The summed E-state index contributed by atoms with van der Waals surface area (Å²) in [5.41, 5.74) is 0. The van der Waals surface area contributed by atoms with E-state index in [-0.39, 0.29) is 12.5 Å². The lowest BCUT2D eigenvalue weighted by Gasteiger charge is -2.01. The van der Waals surface area contributed by atoms with Crippen LogP contribution in [0.5, 0.6) is 0 Å². The van der Waals surface area contributed by atoms with Crippen LogP contribution >= 0.6 is 0 Å². The van der Waals surface area contributed by atoms with E-state index in [1.165, 1.54) is 0 Å². The standard InChI is InChI=1S/C9H17NO4/c1-14-6-4-2-3-5-8(11)10-7-9(12)13/h2-7H2,1H3,(H,10,11)(H,12,13). The molecule has 0 spiro atoms. The summed E-state index contributed by atoms with van der Waals surface area (Å²) < 4.78 is 4.85. The maximum Gasteiger partial charge on any atom is 0.322 e. The number of carboxylic acids is 1. The predicted molar refractivity (Wildman–Crippen MR) is 51.0 cm³/mol. The topological polar surface area (TPSA) is 75.6 Å². The molecule has 0 radical (unpaired) electrons. The monoisotopic (exact) mass is 203 g/mol. The third-order valence-corrected chi connectivity index (χ3v) is 1.69. The molecule has 0 bridgehead atoms. The largest absolute Gasteiger partial charge is 0.480 e. The minimum absolute atomic E-state index is 0.204. The number of hydrogen-bond acceptors (Lipinski definition) is 3. The summed E-state index contributed by atoms with van der Waals surface area (Å²) in [6.45, 7) is 0.410. The van der Waals surface area contributed by atoms with Gasteiger partial charge in [-0.25, -0.2) is 0 Å². The molecule has 0 aromatic heterocycles. The summed E-state index contributed by atoms with van der Waals surface area (Å²) in [5.74, 6) is -1.22. The van der Waals surface area contributed by atoms with Crippen LogP contribution in [0.3, 0.4) is 0 Å². The number of amides is 1. The predicted octanol–water partition coefficient (Wildman–Crippen LogP) is 0.394. The number of aliphatic carboxylic acids is 1. The van der Waals surface area contributed by atoms with Gasteiger partial charge >= 0.3 is 5.97 Å². The molecule has 5 nitrogen and oxygen atoms in total. The van der Waals surface area contributed by atoms with Crippen LogP contribution in [-0.4, -0.2) is 37.2 Å². The van der Waals surface area contributed by atoms with E-state index in [1.54, 1.807) is 7.11 Å². The van der Waals surface area contributed by atoms with Crippen LogP contribution in [0.25, 0.3) is 0 Å². The number of hydrogen-bond donors (Lipinski definition) is 2. The molecule has 0 saturated heterocycles. The fraction of sp³-hybridized carbons (Fsp3) is 0.778. The molecule has 14 heavy (non-hydrogen) atoms. The van der Waals surface area contributed by atoms with Gasteiger partial charge in [0.25, 0.3) is 0 Å². The Morgan fingerprint density at radius 2 is 2.00 bits per heavy atom. The van der Waals surface area contributed by atoms with Gasteiger partial charge in [0.1, 0.15) is 6.54 Å². The van der Waals surface area contributed by atoms with Gasteiger partial charge in [-0.15, -0.1) is 0 Å². The van der Waals surface area contributed by atoms with Gasteiger partial charge in [0.15, 0.2) is 0 Å². The van der Waals surface area contributed by atoms with E-state index in [4.69, 9.17) is 9.84 Å². The molecule has 5 heteroatoms. The Hall–Kier alpha value is -1.10. The van der Waals surface area contributed by atoms with E-state index in [0.29, 0.717) is 13.0 Å². The van der Waals surface area contributed by atoms with Crippen LogP contribution in [-0.2, 0) is 14.3 Å². The van der Waals surface area contributed by atoms with Gasteiger partial charge in [-0.05, 0) is 12.8 Å². The van der Waals surface area contributed by atoms with Gasteiger partial charge in [-0.3, -0.25) is 9.59 Å². The minimum atomic E-state index is -1.02. The third kappa shape index (κ3) is 8.99. The molecule has 0 aliphatic heterocycles. The van der Waals surface area contributed by atoms with Crippen molar-refractivity contribution >= 4 is 11.9 Å². The van der Waals surface area contributed by atoms with Crippen LogP contribution < -0.4 is 5.32 Å². The van der Waals surface area contributed by atoms with Crippen LogP contribution in [0, 0.1) is 0 Å². The quantitative estimate of drug-likeness (QED) is 0.560. The Morgan fingerprint density at radius 1 is 1.29 bits per heavy atom. The number of ether oxygens (including phenoxy) is 1. The molecule has 0 atom stereocenters. The van der Waals surface area contributed by atoms with Gasteiger partial charge in [-0.2, -0.15) is 0 Å². The summed E-state index contributed by atoms with van der Waals surface area (Å²) >= 11 is 0. The average molecular weight is 203 g/mol. The maximum atomic E-state index is 11.0. The van der Waals surface area contributed by atoms with Crippen LogP contribution in [0.2, 0.25) is 0 Å². The number of carbonyl (C=O) groups excluding carboxylic acids is 1. The lowest BCUT2D eigenvalue weighted by molar-refractivity contribution is -0.137. The lowest BCUT2D eigenvalue weighted by Crippen LogP contribution is -2.28. The van der Waals surface area contributed by atoms with Crippen LogP contribution in [0.15, 0.2) is 0 Å². The highest BCUT2D eigenvalue weighted by atomic mass is 16.5. The second-order valence-electron chi connectivity index (χ2n) is 2.97. The highest BCUT2D eigenvalue weighted by molar-refractivity contribution is 5.80. The second kappa shape index (κ2) is 8.50. The molecule has 82 valence electrons. The first-order valence-electron chi connectivity index (χ1n) is 4.64. The summed E-state index contributed by atoms with van der Waals surface area (Å²) in [7, 11) is 1.64.